The predicted molar refractivity (Wildman–Crippen MR) is 115 cm³/mol. The molecule has 4 aromatic rings. The number of aromatic nitrogens is 6. The van der Waals surface area contributed by atoms with Crippen molar-refractivity contribution in [3.05, 3.63) is 48.5 Å². The summed E-state index contributed by atoms with van der Waals surface area (Å²) in [5.41, 5.74) is 4.39. The van der Waals surface area contributed by atoms with E-state index in [1.807, 2.05) is 25.4 Å². The highest BCUT2D eigenvalue weighted by atomic mass is 16.5. The van der Waals surface area contributed by atoms with Crippen LogP contribution in [0.15, 0.2) is 43.0 Å². The van der Waals surface area contributed by atoms with Gasteiger partial charge in [0.25, 0.3) is 0 Å². The van der Waals surface area contributed by atoms with Crippen LogP contribution < -0.4 is 10.1 Å². The number of nitrogens with one attached hydrogen (secondary N) is 1. The van der Waals surface area contributed by atoms with Gasteiger partial charge in [0.05, 0.1) is 44.6 Å². The first-order valence-corrected chi connectivity index (χ1v) is 10.1. The number of ether oxygens (including phenoxy) is 2. The van der Waals surface area contributed by atoms with Gasteiger partial charge < -0.3 is 14.8 Å². The van der Waals surface area contributed by atoms with Crippen LogP contribution in [0.3, 0.4) is 0 Å². The van der Waals surface area contributed by atoms with Crippen LogP contribution >= 0.6 is 0 Å². The van der Waals surface area contributed by atoms with E-state index in [-0.39, 0.29) is 0 Å². The van der Waals surface area contributed by atoms with E-state index in [4.69, 9.17) is 9.47 Å². The van der Waals surface area contributed by atoms with Crippen LogP contribution in [0.1, 0.15) is 5.56 Å². The molecule has 4 heterocycles. The van der Waals surface area contributed by atoms with Crippen molar-refractivity contribution < 1.29 is 9.47 Å². The van der Waals surface area contributed by atoms with Crippen LogP contribution in [0.4, 0.5) is 11.6 Å². The van der Waals surface area contributed by atoms with Gasteiger partial charge in [0.1, 0.15) is 5.75 Å². The number of methoxy groups -OCH3 is 1. The summed E-state index contributed by atoms with van der Waals surface area (Å²) in [7, 11) is 3.57. The van der Waals surface area contributed by atoms with Crippen LogP contribution in [0, 0.1) is 0 Å². The lowest BCUT2D eigenvalue weighted by molar-refractivity contribution is 0.0339. The Labute approximate surface area is 179 Å². The molecule has 0 amide bonds. The Balaban J connectivity index is 1.39. The summed E-state index contributed by atoms with van der Waals surface area (Å²) in [6.07, 6.45) is 7.14. The summed E-state index contributed by atoms with van der Waals surface area (Å²) in [6.45, 7) is 4.25. The standard InChI is InChI=1S/C21H24N8O2/c1-27-13-16(10-23-27)18-11-22-12-20-25-21(26-29(18)20)24-17-4-3-15(19(9-17)30-2)14-28-5-7-31-8-6-28/h3-4,9-13H,5-8,14H2,1-2H3,(H,24,26). The molecular formula is C21H24N8O2. The monoisotopic (exact) mass is 420 g/mol. The topological polar surface area (TPSA) is 94.6 Å². The minimum atomic E-state index is 0.487. The molecule has 1 aliphatic heterocycles. The SMILES string of the molecule is COc1cc(Nc2nc3cncc(-c4cnn(C)c4)n3n2)ccc1CN1CCOCC1. The Hall–Kier alpha value is -3.50. The summed E-state index contributed by atoms with van der Waals surface area (Å²) in [4.78, 5) is 11.2. The maximum atomic E-state index is 5.64. The number of anilines is 2. The highest BCUT2D eigenvalue weighted by molar-refractivity contribution is 5.63. The largest absolute Gasteiger partial charge is 0.496 e. The number of hydrogen-bond acceptors (Lipinski definition) is 8. The number of rotatable bonds is 6. The zero-order valence-electron chi connectivity index (χ0n) is 17.5. The van der Waals surface area contributed by atoms with E-state index < -0.39 is 0 Å². The highest BCUT2D eigenvalue weighted by Gasteiger charge is 2.15. The molecule has 1 aromatic carbocycles. The van der Waals surface area contributed by atoms with E-state index in [0.717, 1.165) is 61.1 Å². The van der Waals surface area contributed by atoms with Crippen molar-refractivity contribution in [1.82, 2.24) is 34.3 Å². The smallest absolute Gasteiger partial charge is 0.247 e. The van der Waals surface area contributed by atoms with Gasteiger partial charge >= 0.3 is 0 Å². The number of nitrogens with zero attached hydrogens (tertiary/aromatic N) is 7. The summed E-state index contributed by atoms with van der Waals surface area (Å²) in [5.74, 6) is 1.32. The first-order valence-electron chi connectivity index (χ1n) is 10.1. The molecule has 0 bridgehead atoms. The molecule has 1 saturated heterocycles. The Morgan fingerprint density at radius 3 is 2.81 bits per heavy atom. The maximum Gasteiger partial charge on any atom is 0.247 e. The molecule has 10 heteroatoms. The molecule has 1 N–H and O–H groups in total. The van der Waals surface area contributed by atoms with Crippen molar-refractivity contribution in [3.8, 4) is 17.0 Å². The first-order chi connectivity index (χ1) is 15.2. The van der Waals surface area contributed by atoms with Crippen LogP contribution in [0.2, 0.25) is 0 Å². The molecule has 160 valence electrons. The highest BCUT2D eigenvalue weighted by Crippen LogP contribution is 2.27. The summed E-state index contributed by atoms with van der Waals surface area (Å²) < 4.78 is 14.6. The zero-order chi connectivity index (χ0) is 21.2. The number of fused-ring (bicyclic) bond motifs is 1. The van der Waals surface area contributed by atoms with Crippen molar-refractivity contribution >= 4 is 17.3 Å². The molecule has 3 aromatic heterocycles. The Bertz CT molecular complexity index is 1200. The fraction of sp³-hybridized carbons (Fsp3) is 0.333. The van der Waals surface area contributed by atoms with Crippen molar-refractivity contribution in [2.24, 2.45) is 7.05 Å². The molecule has 0 radical (unpaired) electrons. The van der Waals surface area contributed by atoms with Gasteiger partial charge in [-0.15, -0.1) is 5.10 Å². The quantitative estimate of drug-likeness (QED) is 0.507. The lowest BCUT2D eigenvalue weighted by Crippen LogP contribution is -2.35. The molecule has 10 nitrogen and oxygen atoms in total. The van der Waals surface area contributed by atoms with E-state index in [2.05, 4.69) is 36.4 Å². The third kappa shape index (κ3) is 4.07. The second-order valence-electron chi connectivity index (χ2n) is 7.44. The minimum absolute atomic E-state index is 0.487. The van der Waals surface area contributed by atoms with Crippen LogP contribution in [0.5, 0.6) is 5.75 Å². The lowest BCUT2D eigenvalue weighted by atomic mass is 10.1. The number of aryl methyl sites for hydroxylation is 1. The second-order valence-corrected chi connectivity index (χ2v) is 7.44. The van der Waals surface area contributed by atoms with Crippen LogP contribution in [-0.4, -0.2) is 67.7 Å². The van der Waals surface area contributed by atoms with E-state index in [9.17, 15) is 0 Å². The van der Waals surface area contributed by atoms with Gasteiger partial charge in [-0.2, -0.15) is 10.1 Å². The van der Waals surface area contributed by atoms with Gasteiger partial charge in [-0.1, -0.05) is 6.07 Å². The van der Waals surface area contributed by atoms with E-state index >= 15 is 0 Å². The van der Waals surface area contributed by atoms with Crippen molar-refractivity contribution in [2.75, 3.05) is 38.7 Å². The second kappa shape index (κ2) is 8.32. The third-order valence-corrected chi connectivity index (χ3v) is 5.29. The summed E-state index contributed by atoms with van der Waals surface area (Å²) in [6, 6.07) is 6.07. The minimum Gasteiger partial charge on any atom is -0.496 e. The summed E-state index contributed by atoms with van der Waals surface area (Å²) in [5, 5.41) is 12.1. The third-order valence-electron chi connectivity index (χ3n) is 5.29. The molecule has 1 fully saturated rings. The first kappa shape index (κ1) is 19.5. The molecule has 0 spiro atoms. The van der Waals surface area contributed by atoms with Crippen molar-refractivity contribution in [2.45, 2.75) is 6.54 Å². The molecular weight excluding hydrogens is 396 g/mol. The van der Waals surface area contributed by atoms with Gasteiger partial charge in [0, 0.05) is 55.8 Å². The number of hydrogen-bond donors (Lipinski definition) is 1. The zero-order valence-corrected chi connectivity index (χ0v) is 17.5. The maximum absolute atomic E-state index is 5.64. The molecule has 0 unspecified atom stereocenters. The average Bonchev–Trinajstić information content (AvgIpc) is 3.41. The Morgan fingerprint density at radius 1 is 1.16 bits per heavy atom. The molecule has 0 aliphatic carbocycles. The fourth-order valence-corrected chi connectivity index (χ4v) is 3.70. The predicted octanol–water partition coefficient (Wildman–Crippen LogP) is 2.11. The Morgan fingerprint density at radius 2 is 2.03 bits per heavy atom. The number of morpholine rings is 1. The van der Waals surface area contributed by atoms with Crippen LogP contribution in [0.25, 0.3) is 16.9 Å². The van der Waals surface area contributed by atoms with Crippen LogP contribution in [-0.2, 0) is 18.3 Å². The molecule has 5 rings (SSSR count). The molecule has 0 saturated carbocycles. The van der Waals surface area contributed by atoms with Gasteiger partial charge in [-0.3, -0.25) is 14.6 Å². The Kier molecular flexibility index (Phi) is 5.23. The van der Waals surface area contributed by atoms with E-state index in [1.165, 1.54) is 0 Å². The number of benzene rings is 1. The lowest BCUT2D eigenvalue weighted by Gasteiger charge is -2.27. The van der Waals surface area contributed by atoms with Gasteiger partial charge in [-0.05, 0) is 6.07 Å². The summed E-state index contributed by atoms with van der Waals surface area (Å²) >= 11 is 0. The molecule has 0 atom stereocenters. The fourth-order valence-electron chi connectivity index (χ4n) is 3.70. The molecule has 1 aliphatic rings. The van der Waals surface area contributed by atoms with Crippen molar-refractivity contribution in [3.63, 3.8) is 0 Å². The van der Waals surface area contributed by atoms with Gasteiger partial charge in [-0.25, -0.2) is 4.52 Å². The normalized spacial score (nSPS) is 14.8. The average molecular weight is 420 g/mol. The van der Waals surface area contributed by atoms with Crippen molar-refractivity contribution in [1.29, 1.82) is 0 Å². The van der Waals surface area contributed by atoms with Gasteiger partial charge in [0.15, 0.2) is 5.65 Å². The van der Waals surface area contributed by atoms with E-state index in [0.29, 0.717) is 11.6 Å². The van der Waals surface area contributed by atoms with Gasteiger partial charge in [0.2, 0.25) is 5.95 Å². The van der Waals surface area contributed by atoms with E-state index in [1.54, 1.807) is 34.9 Å². The molecule has 31 heavy (non-hydrogen) atoms.